The minimum Gasteiger partial charge on any atom is -0.478 e. The van der Waals surface area contributed by atoms with Crippen LogP contribution in [-0.4, -0.2) is 73.8 Å². The van der Waals surface area contributed by atoms with Crippen LogP contribution in [-0.2, 0) is 14.3 Å². The van der Waals surface area contributed by atoms with Gasteiger partial charge in [-0.25, -0.2) is 9.59 Å². The molecule has 1 unspecified atom stereocenters. The molecule has 13 heteroatoms. The Hall–Kier alpha value is -3.16. The summed E-state index contributed by atoms with van der Waals surface area (Å²) < 4.78 is 42.7. The number of hydrogen-bond acceptors (Lipinski definition) is 7. The van der Waals surface area contributed by atoms with E-state index in [0.717, 1.165) is 0 Å². The molecule has 0 bridgehead atoms. The van der Waals surface area contributed by atoms with E-state index < -0.39 is 18.1 Å². The average molecular weight is 490 g/mol. The van der Waals surface area contributed by atoms with Crippen molar-refractivity contribution in [1.29, 1.82) is 0 Å². The maximum absolute atomic E-state index is 12.1. The van der Waals surface area contributed by atoms with Crippen LogP contribution in [0.1, 0.15) is 20.0 Å². The molecule has 1 aliphatic heterocycles. The van der Waals surface area contributed by atoms with Crippen LogP contribution < -0.4 is 10.2 Å². The van der Waals surface area contributed by atoms with Crippen LogP contribution in [0.4, 0.5) is 24.5 Å². The van der Waals surface area contributed by atoms with Gasteiger partial charge >= 0.3 is 18.1 Å². The molecule has 0 spiro atoms. The summed E-state index contributed by atoms with van der Waals surface area (Å²) in [5.41, 5.74) is 1.12. The van der Waals surface area contributed by atoms with Gasteiger partial charge in [-0.1, -0.05) is 6.07 Å². The van der Waals surface area contributed by atoms with Gasteiger partial charge < -0.3 is 29.9 Å². The molecule has 1 fully saturated rings. The van der Waals surface area contributed by atoms with Gasteiger partial charge in [0.2, 0.25) is 0 Å². The quantitative estimate of drug-likeness (QED) is 0.564. The van der Waals surface area contributed by atoms with Crippen molar-refractivity contribution < 1.29 is 47.2 Å². The number of amides is 1. The van der Waals surface area contributed by atoms with Gasteiger partial charge in [-0.3, -0.25) is 4.79 Å². The Bertz CT molecular complexity index is 961. The molecule has 9 nitrogen and oxygen atoms in total. The van der Waals surface area contributed by atoms with E-state index in [1.54, 1.807) is 24.3 Å². The molecule has 1 saturated heterocycles. The van der Waals surface area contributed by atoms with Crippen LogP contribution in [0.5, 0.6) is 0 Å². The van der Waals surface area contributed by atoms with Crippen LogP contribution in [0.25, 0.3) is 0 Å². The number of halogens is 3. The molecule has 1 aliphatic rings. The van der Waals surface area contributed by atoms with E-state index >= 15 is 0 Å². The van der Waals surface area contributed by atoms with Crippen molar-refractivity contribution in [3.8, 4) is 0 Å². The Morgan fingerprint density at radius 3 is 2.42 bits per heavy atom. The van der Waals surface area contributed by atoms with E-state index in [0.29, 0.717) is 42.6 Å². The lowest BCUT2D eigenvalue weighted by Gasteiger charge is -2.29. The molecule has 1 amide bonds. The molecule has 0 aliphatic carbocycles. The standard InChI is InChI=1S/C18H20N2O5S.C2HF3O2/c1-20(10-13-11-24-6-7-25-13)15-5-4-12(9-14(15)18(22)23)19-17(21)16-3-2-8-26-16;3-2(4,5)1(6)7/h2-5,8-9,13H,6-7,10-11H2,1H3,(H,19,21)(H,22,23);(H,6,7). The third kappa shape index (κ3) is 8.04. The average Bonchev–Trinajstić information content (AvgIpc) is 3.29. The Labute approximate surface area is 190 Å². The van der Waals surface area contributed by atoms with Crippen LogP contribution >= 0.6 is 11.3 Å². The van der Waals surface area contributed by atoms with Crippen LogP contribution in [0, 0.1) is 0 Å². The number of carbonyl (C=O) groups is 3. The summed E-state index contributed by atoms with van der Waals surface area (Å²) in [6, 6.07) is 8.36. The number of ether oxygens (including phenoxy) is 2. The monoisotopic (exact) mass is 490 g/mol. The number of nitrogens with one attached hydrogen (secondary N) is 1. The smallest absolute Gasteiger partial charge is 0.478 e. The first-order valence-corrected chi connectivity index (χ1v) is 10.3. The molecule has 1 aromatic heterocycles. The lowest BCUT2D eigenvalue weighted by atomic mass is 10.1. The van der Waals surface area contributed by atoms with E-state index in [1.165, 1.54) is 17.4 Å². The topological polar surface area (TPSA) is 125 Å². The molecule has 3 N–H and O–H groups in total. The molecule has 1 aromatic carbocycles. The number of nitrogens with zero attached hydrogens (tertiary/aromatic N) is 1. The molecule has 2 heterocycles. The SMILES string of the molecule is CN(CC1COCCO1)c1ccc(NC(=O)c2cccs2)cc1C(=O)O.O=C(O)C(F)(F)F. The Kier molecular flexibility index (Phi) is 9.20. The summed E-state index contributed by atoms with van der Waals surface area (Å²) in [6.45, 7) is 2.13. The molecule has 2 aromatic rings. The predicted octanol–water partition coefficient (Wildman–Crippen LogP) is 3.18. The highest BCUT2D eigenvalue weighted by atomic mass is 32.1. The Balaban J connectivity index is 0.000000479. The number of thiophene rings is 1. The molecular formula is C20H21F3N2O7S. The van der Waals surface area contributed by atoms with Gasteiger partial charge in [-0.2, -0.15) is 13.2 Å². The van der Waals surface area contributed by atoms with E-state index in [-0.39, 0.29) is 17.6 Å². The van der Waals surface area contributed by atoms with Crippen molar-refractivity contribution in [2.24, 2.45) is 0 Å². The van der Waals surface area contributed by atoms with Crippen LogP contribution in [0.3, 0.4) is 0 Å². The minimum atomic E-state index is -5.08. The van der Waals surface area contributed by atoms with Gasteiger partial charge in [0, 0.05) is 19.3 Å². The first kappa shape index (κ1) is 26.1. The van der Waals surface area contributed by atoms with Crippen molar-refractivity contribution in [3.63, 3.8) is 0 Å². The maximum Gasteiger partial charge on any atom is 0.490 e. The van der Waals surface area contributed by atoms with E-state index in [4.69, 9.17) is 19.4 Å². The van der Waals surface area contributed by atoms with Crippen molar-refractivity contribution in [2.45, 2.75) is 12.3 Å². The highest BCUT2D eigenvalue weighted by molar-refractivity contribution is 7.12. The number of carboxylic acid groups (broad SMARTS) is 2. The summed E-state index contributed by atoms with van der Waals surface area (Å²) in [5.74, 6) is -4.07. The number of hydrogen-bond donors (Lipinski definition) is 3. The number of benzene rings is 1. The number of carbonyl (C=O) groups excluding carboxylic acids is 1. The minimum absolute atomic E-state index is 0.103. The van der Waals surface area contributed by atoms with E-state index in [9.17, 15) is 27.9 Å². The van der Waals surface area contributed by atoms with Crippen molar-refractivity contribution >= 4 is 40.6 Å². The zero-order valence-corrected chi connectivity index (χ0v) is 18.1. The lowest BCUT2D eigenvalue weighted by Crippen LogP contribution is -2.38. The van der Waals surface area contributed by atoms with Gasteiger partial charge in [-0.05, 0) is 29.6 Å². The molecule has 1 atom stereocenters. The van der Waals surface area contributed by atoms with Crippen LogP contribution in [0.15, 0.2) is 35.7 Å². The number of rotatable bonds is 6. The zero-order valence-electron chi connectivity index (χ0n) is 17.3. The van der Waals surface area contributed by atoms with Gasteiger partial charge in [0.1, 0.15) is 0 Å². The lowest BCUT2D eigenvalue weighted by molar-refractivity contribution is -0.192. The molecule has 33 heavy (non-hydrogen) atoms. The van der Waals surface area contributed by atoms with Gasteiger partial charge in [0.05, 0.1) is 42.1 Å². The summed E-state index contributed by atoms with van der Waals surface area (Å²) in [4.78, 5) is 35.1. The molecule has 0 radical (unpaired) electrons. The van der Waals surface area contributed by atoms with Gasteiger partial charge in [0.15, 0.2) is 0 Å². The number of aromatic carboxylic acids is 1. The Morgan fingerprint density at radius 2 is 1.91 bits per heavy atom. The zero-order chi connectivity index (χ0) is 24.6. The highest BCUT2D eigenvalue weighted by Gasteiger charge is 2.38. The summed E-state index contributed by atoms with van der Waals surface area (Å²) in [7, 11) is 1.81. The number of alkyl halides is 3. The molecule has 180 valence electrons. The summed E-state index contributed by atoms with van der Waals surface area (Å²) >= 11 is 1.33. The second-order valence-electron chi connectivity index (χ2n) is 6.72. The van der Waals surface area contributed by atoms with Crippen molar-refractivity contribution in [1.82, 2.24) is 0 Å². The second kappa shape index (κ2) is 11.6. The van der Waals surface area contributed by atoms with Crippen molar-refractivity contribution in [3.05, 3.63) is 46.2 Å². The Morgan fingerprint density at radius 1 is 1.21 bits per heavy atom. The first-order chi connectivity index (χ1) is 15.5. The first-order valence-electron chi connectivity index (χ1n) is 9.42. The third-order valence-electron chi connectivity index (χ3n) is 4.25. The second-order valence-corrected chi connectivity index (χ2v) is 7.67. The van der Waals surface area contributed by atoms with E-state index in [2.05, 4.69) is 5.32 Å². The third-order valence-corrected chi connectivity index (χ3v) is 5.11. The number of aliphatic carboxylic acids is 1. The summed E-state index contributed by atoms with van der Waals surface area (Å²) in [6.07, 6.45) is -5.19. The summed E-state index contributed by atoms with van der Waals surface area (Å²) in [5, 5.41) is 21.2. The fourth-order valence-electron chi connectivity index (χ4n) is 2.76. The number of anilines is 2. The number of likely N-dealkylation sites (N-methyl/N-ethyl adjacent to an activating group) is 1. The van der Waals surface area contributed by atoms with Crippen molar-refractivity contribution in [2.75, 3.05) is 43.6 Å². The molecule has 3 rings (SSSR count). The normalized spacial score (nSPS) is 15.7. The highest BCUT2D eigenvalue weighted by Crippen LogP contribution is 2.25. The van der Waals surface area contributed by atoms with Gasteiger partial charge in [0.25, 0.3) is 5.91 Å². The fourth-order valence-corrected chi connectivity index (χ4v) is 3.38. The largest absolute Gasteiger partial charge is 0.490 e. The maximum atomic E-state index is 12.1. The molecule has 0 saturated carbocycles. The molecular weight excluding hydrogens is 469 g/mol. The fraction of sp³-hybridized carbons (Fsp3) is 0.350. The predicted molar refractivity (Wildman–Crippen MR) is 113 cm³/mol. The van der Waals surface area contributed by atoms with Gasteiger partial charge in [-0.15, -0.1) is 11.3 Å². The number of carboxylic acids is 2. The van der Waals surface area contributed by atoms with Crippen LogP contribution in [0.2, 0.25) is 0 Å². The van der Waals surface area contributed by atoms with E-state index in [1.807, 2.05) is 17.3 Å².